The van der Waals surface area contributed by atoms with Crippen molar-refractivity contribution in [2.75, 3.05) is 5.73 Å². The van der Waals surface area contributed by atoms with Crippen LogP contribution in [0.15, 0.2) is 24.3 Å². The van der Waals surface area contributed by atoms with Gasteiger partial charge in [0.15, 0.2) is 11.9 Å². The average molecular weight is 192 g/mol. The fourth-order valence-electron chi connectivity index (χ4n) is 1.21. The zero-order chi connectivity index (χ0) is 9.97. The largest absolute Gasteiger partial charge is 0.399 e. The number of aliphatic hydroxyl groups excluding tert-OH is 1. The van der Waals surface area contributed by atoms with Gasteiger partial charge >= 0.3 is 5.82 Å². The van der Waals surface area contributed by atoms with E-state index in [9.17, 15) is 0 Å². The van der Waals surface area contributed by atoms with Crippen molar-refractivity contribution in [1.29, 1.82) is 0 Å². The number of hydrogen-bond acceptors (Lipinski definition) is 4. The van der Waals surface area contributed by atoms with E-state index in [-0.39, 0.29) is 6.73 Å². The summed E-state index contributed by atoms with van der Waals surface area (Å²) in [5.41, 5.74) is 7.09. The Morgan fingerprint density at radius 3 is 3.07 bits per heavy atom. The molecule has 0 spiro atoms. The number of aromatic nitrogens is 4. The summed E-state index contributed by atoms with van der Waals surface area (Å²) in [5, 5.41) is 18.9. The molecule has 0 unspecified atom stereocenters. The lowest BCUT2D eigenvalue weighted by atomic mass is 10.2. The number of nitrogens with zero attached hydrogens (tertiary/aromatic N) is 3. The maximum absolute atomic E-state index is 8.96. The molecule has 2 rings (SSSR count). The van der Waals surface area contributed by atoms with E-state index in [1.807, 2.05) is 12.1 Å². The van der Waals surface area contributed by atoms with Crippen molar-refractivity contribution in [3.05, 3.63) is 24.3 Å². The summed E-state index contributed by atoms with van der Waals surface area (Å²) in [4.78, 5) is 0. The highest BCUT2D eigenvalue weighted by atomic mass is 16.3. The van der Waals surface area contributed by atoms with Crippen molar-refractivity contribution < 1.29 is 9.79 Å². The first-order valence-electron chi connectivity index (χ1n) is 4.09. The van der Waals surface area contributed by atoms with Crippen molar-refractivity contribution in [2.45, 2.75) is 6.73 Å². The second kappa shape index (κ2) is 3.43. The molecule has 1 aromatic heterocycles. The fraction of sp³-hybridized carbons (Fsp3) is 0.125. The van der Waals surface area contributed by atoms with Crippen LogP contribution in [0.1, 0.15) is 0 Å². The van der Waals surface area contributed by atoms with E-state index in [1.165, 1.54) is 4.68 Å². The standard InChI is InChI=1S/C8H9N5O/c9-7-3-1-2-6(4-7)8-10-11-12-13(8)5-14/h1-4,14H,5,9H2/p+1. The van der Waals surface area contributed by atoms with Gasteiger partial charge in [-0.3, -0.25) is 0 Å². The molecule has 1 aromatic carbocycles. The molecule has 1 heterocycles. The number of tetrazole rings is 1. The Morgan fingerprint density at radius 1 is 1.50 bits per heavy atom. The second-order valence-corrected chi connectivity index (χ2v) is 2.82. The predicted molar refractivity (Wildman–Crippen MR) is 48.6 cm³/mol. The van der Waals surface area contributed by atoms with Gasteiger partial charge in [-0.25, -0.2) is 0 Å². The van der Waals surface area contributed by atoms with Crippen LogP contribution in [0, 0.1) is 0 Å². The summed E-state index contributed by atoms with van der Waals surface area (Å²) in [5.74, 6) is 0.555. The number of anilines is 1. The molecule has 6 heteroatoms. The Balaban J connectivity index is 2.49. The number of nitrogen functional groups attached to an aromatic ring is 1. The molecule has 0 fully saturated rings. The second-order valence-electron chi connectivity index (χ2n) is 2.82. The summed E-state index contributed by atoms with van der Waals surface area (Å²) in [7, 11) is 0. The van der Waals surface area contributed by atoms with Crippen molar-refractivity contribution in [3.63, 3.8) is 0 Å². The Bertz CT molecular complexity index is 439. The minimum absolute atomic E-state index is 0.197. The number of benzene rings is 1. The molecule has 2 aromatic rings. The first-order valence-corrected chi connectivity index (χ1v) is 4.09. The SMILES string of the molecule is Nc1cccc(-c2nn[nH][n+]2CO)c1. The number of rotatable bonds is 2. The smallest absolute Gasteiger partial charge is 0.334 e. The molecule has 0 saturated carbocycles. The highest BCUT2D eigenvalue weighted by molar-refractivity contribution is 5.58. The van der Waals surface area contributed by atoms with Crippen LogP contribution >= 0.6 is 0 Å². The van der Waals surface area contributed by atoms with Crippen LogP contribution in [0.3, 0.4) is 0 Å². The summed E-state index contributed by atoms with van der Waals surface area (Å²) in [6, 6.07) is 7.22. The maximum Gasteiger partial charge on any atom is 0.334 e. The Kier molecular flexibility index (Phi) is 2.11. The molecule has 0 bridgehead atoms. The third-order valence-electron chi connectivity index (χ3n) is 1.85. The number of aliphatic hydroxyl groups is 1. The molecule has 0 radical (unpaired) electrons. The number of nitrogens with two attached hydrogens (primary N) is 1. The average Bonchev–Trinajstić information content (AvgIpc) is 2.65. The van der Waals surface area contributed by atoms with Crippen LogP contribution < -0.4 is 10.4 Å². The molecule has 72 valence electrons. The molecular formula is C8H10N5O+. The normalized spacial score (nSPS) is 10.4. The Hall–Kier alpha value is -1.95. The molecule has 14 heavy (non-hydrogen) atoms. The highest BCUT2D eigenvalue weighted by Gasteiger charge is 2.15. The third-order valence-corrected chi connectivity index (χ3v) is 1.85. The van der Waals surface area contributed by atoms with Gasteiger partial charge in [0.1, 0.15) is 5.10 Å². The van der Waals surface area contributed by atoms with Gasteiger partial charge in [0, 0.05) is 5.69 Å². The van der Waals surface area contributed by atoms with Crippen LogP contribution in [0.2, 0.25) is 0 Å². The lowest BCUT2D eigenvalue weighted by Gasteiger charge is -1.96. The van der Waals surface area contributed by atoms with Gasteiger partial charge in [0.05, 0.1) is 5.56 Å². The van der Waals surface area contributed by atoms with Gasteiger partial charge in [-0.05, 0) is 18.2 Å². The monoisotopic (exact) mass is 192 g/mol. The van der Waals surface area contributed by atoms with Crippen LogP contribution in [0.5, 0.6) is 0 Å². The molecule has 0 aliphatic carbocycles. The maximum atomic E-state index is 8.96. The zero-order valence-corrected chi connectivity index (χ0v) is 7.38. The number of nitrogens with one attached hydrogen (secondary N) is 1. The van der Waals surface area contributed by atoms with Crippen LogP contribution in [0.25, 0.3) is 11.4 Å². The van der Waals surface area contributed by atoms with Gasteiger partial charge in [-0.1, -0.05) is 11.3 Å². The first kappa shape index (κ1) is 8.64. The lowest BCUT2D eigenvalue weighted by Crippen LogP contribution is -2.37. The molecule has 0 aliphatic heterocycles. The van der Waals surface area contributed by atoms with Gasteiger partial charge in [-0.15, -0.1) is 4.68 Å². The first-order chi connectivity index (χ1) is 6.81. The van der Waals surface area contributed by atoms with E-state index in [1.54, 1.807) is 12.1 Å². The van der Waals surface area contributed by atoms with E-state index >= 15 is 0 Å². The summed E-state index contributed by atoms with van der Waals surface area (Å²) < 4.78 is 1.41. The van der Waals surface area contributed by atoms with Gasteiger partial charge in [0.25, 0.3) is 0 Å². The topological polar surface area (TPSA) is 91.7 Å². The minimum atomic E-state index is -0.197. The lowest BCUT2D eigenvalue weighted by molar-refractivity contribution is -0.773. The number of H-pyrrole nitrogens is 1. The quantitative estimate of drug-likeness (QED) is 0.433. The summed E-state index contributed by atoms with van der Waals surface area (Å²) >= 11 is 0. The van der Waals surface area contributed by atoms with E-state index in [4.69, 9.17) is 10.8 Å². The summed E-state index contributed by atoms with van der Waals surface area (Å²) in [6.45, 7) is -0.197. The number of hydrogen-bond donors (Lipinski definition) is 3. The van der Waals surface area contributed by atoms with Gasteiger partial charge < -0.3 is 10.8 Å². The van der Waals surface area contributed by atoms with E-state index < -0.39 is 0 Å². The minimum Gasteiger partial charge on any atom is -0.399 e. The van der Waals surface area contributed by atoms with Crippen LogP contribution in [-0.2, 0) is 6.73 Å². The Labute approximate surface area is 80.0 Å². The molecule has 0 saturated heterocycles. The Morgan fingerprint density at radius 2 is 2.36 bits per heavy atom. The van der Waals surface area contributed by atoms with Crippen LogP contribution in [0.4, 0.5) is 5.69 Å². The van der Waals surface area contributed by atoms with Gasteiger partial charge in [0.2, 0.25) is 0 Å². The van der Waals surface area contributed by atoms with Crippen molar-refractivity contribution >= 4 is 5.69 Å². The molecular weight excluding hydrogens is 182 g/mol. The van der Waals surface area contributed by atoms with Crippen molar-refractivity contribution in [2.24, 2.45) is 0 Å². The third kappa shape index (κ3) is 1.42. The fourth-order valence-corrected chi connectivity index (χ4v) is 1.21. The molecule has 0 aliphatic rings. The molecule has 4 N–H and O–H groups in total. The zero-order valence-electron chi connectivity index (χ0n) is 7.38. The van der Waals surface area contributed by atoms with Crippen molar-refractivity contribution in [3.8, 4) is 11.4 Å². The number of aromatic amines is 1. The molecule has 6 nitrogen and oxygen atoms in total. The molecule has 0 atom stereocenters. The van der Waals surface area contributed by atoms with Gasteiger partial charge in [-0.2, -0.15) is 0 Å². The molecule has 0 amide bonds. The predicted octanol–water partition coefficient (Wildman–Crippen LogP) is -0.709. The van der Waals surface area contributed by atoms with E-state index in [0.717, 1.165) is 5.56 Å². The van der Waals surface area contributed by atoms with E-state index in [0.29, 0.717) is 11.5 Å². The van der Waals surface area contributed by atoms with E-state index in [2.05, 4.69) is 15.5 Å². The van der Waals surface area contributed by atoms with Crippen LogP contribution in [-0.4, -0.2) is 20.6 Å². The highest BCUT2D eigenvalue weighted by Crippen LogP contribution is 2.14. The summed E-state index contributed by atoms with van der Waals surface area (Å²) in [6.07, 6.45) is 0. The van der Waals surface area contributed by atoms with Crippen molar-refractivity contribution in [1.82, 2.24) is 15.5 Å².